The summed E-state index contributed by atoms with van der Waals surface area (Å²) >= 11 is 0. The molecule has 0 amide bonds. The van der Waals surface area contributed by atoms with Crippen molar-refractivity contribution in [2.45, 2.75) is 113 Å². The highest BCUT2D eigenvalue weighted by molar-refractivity contribution is 5.57. The third-order valence-corrected chi connectivity index (χ3v) is 7.63. The fourth-order valence-electron chi connectivity index (χ4n) is 4.64. The number of nitrogens with zero attached hydrogens (tertiary/aromatic N) is 4. The summed E-state index contributed by atoms with van der Waals surface area (Å²) in [7, 11) is 0. The molecule has 2 aromatic carbocycles. The van der Waals surface area contributed by atoms with Crippen LogP contribution in [0.5, 0.6) is 5.75 Å². The van der Waals surface area contributed by atoms with E-state index in [1.165, 1.54) is 43.9 Å². The fraction of sp³-hybridized carbons (Fsp3) is 0.439. The van der Waals surface area contributed by atoms with Crippen molar-refractivity contribution in [1.82, 2.24) is 15.2 Å². The number of pyridine rings is 1. The average Bonchev–Trinajstić information content (AvgIpc) is 3.56. The second-order valence-electron chi connectivity index (χ2n) is 12.5. The Hall–Kier alpha value is -4.98. The van der Waals surface area contributed by atoms with Gasteiger partial charge in [0.15, 0.2) is 0 Å². The lowest BCUT2D eigenvalue weighted by atomic mass is 10.0. The molecule has 5 rings (SSSR count). The van der Waals surface area contributed by atoms with Gasteiger partial charge in [0.05, 0.1) is 17.4 Å². The molecule has 0 atom stereocenters. The number of benzene rings is 2. The molecule has 282 valence electrons. The number of carbonyl (C=O) groups excluding carboxylic acids is 1. The number of aromatic amines is 1. The van der Waals surface area contributed by atoms with Gasteiger partial charge in [-0.2, -0.15) is 23.5 Å². The SMILES string of the molecule is CC=O.CCCC.CCCCC(C)C.Cc1ccc(C#N)cn1.Cc1ccc(OCc2cccc3c2CN(c2cn[nH]c(=O)c2C(F)(F)F)C3)cc1. The van der Waals surface area contributed by atoms with E-state index in [0.717, 1.165) is 52.1 Å². The van der Waals surface area contributed by atoms with E-state index >= 15 is 0 Å². The van der Waals surface area contributed by atoms with Crippen LogP contribution in [0.3, 0.4) is 0 Å². The number of unbranched alkanes of at least 4 members (excludes halogenated alkanes) is 2. The van der Waals surface area contributed by atoms with Crippen LogP contribution < -0.4 is 15.2 Å². The van der Waals surface area contributed by atoms with Crippen molar-refractivity contribution in [2.24, 2.45) is 5.92 Å². The summed E-state index contributed by atoms with van der Waals surface area (Å²) in [6.07, 6.45) is 5.39. The number of ether oxygens (including phenoxy) is 1. The van der Waals surface area contributed by atoms with Gasteiger partial charge < -0.3 is 14.4 Å². The first-order valence-electron chi connectivity index (χ1n) is 17.7. The number of aldehydes is 1. The monoisotopic (exact) mass is 721 g/mol. The molecule has 0 fully saturated rings. The number of anilines is 1. The molecule has 0 aliphatic carbocycles. The molecule has 1 N–H and O–H groups in total. The Balaban J connectivity index is 0.000000478. The number of rotatable bonds is 8. The molecule has 52 heavy (non-hydrogen) atoms. The van der Waals surface area contributed by atoms with E-state index < -0.39 is 17.3 Å². The van der Waals surface area contributed by atoms with Crippen molar-refractivity contribution in [2.75, 3.05) is 4.90 Å². The van der Waals surface area contributed by atoms with Crippen molar-refractivity contribution in [3.8, 4) is 11.8 Å². The number of aryl methyl sites for hydroxylation is 2. The number of H-pyrrole nitrogens is 1. The maximum atomic E-state index is 13.4. The van der Waals surface area contributed by atoms with Gasteiger partial charge in [-0.05, 0) is 67.6 Å². The van der Waals surface area contributed by atoms with Gasteiger partial charge in [0, 0.05) is 25.0 Å². The van der Waals surface area contributed by atoms with Gasteiger partial charge in [-0.3, -0.25) is 9.78 Å². The van der Waals surface area contributed by atoms with Crippen LogP contribution in [0.1, 0.15) is 113 Å². The first kappa shape index (κ1) is 45.0. The minimum absolute atomic E-state index is 0.220. The second kappa shape index (κ2) is 24.2. The van der Waals surface area contributed by atoms with Crippen molar-refractivity contribution >= 4 is 12.0 Å². The summed E-state index contributed by atoms with van der Waals surface area (Å²) in [5, 5.41) is 13.8. The molecule has 0 radical (unpaired) electrons. The zero-order valence-electron chi connectivity index (χ0n) is 31.8. The van der Waals surface area contributed by atoms with Gasteiger partial charge in [-0.1, -0.05) is 103 Å². The molecule has 0 saturated heterocycles. The maximum absolute atomic E-state index is 13.4. The smallest absolute Gasteiger partial charge is 0.423 e. The Labute approximate surface area is 307 Å². The van der Waals surface area contributed by atoms with E-state index in [4.69, 9.17) is 14.8 Å². The van der Waals surface area contributed by atoms with Crippen LogP contribution >= 0.6 is 0 Å². The molecular weight excluding hydrogens is 667 g/mol. The molecule has 4 aromatic rings. The number of aromatic nitrogens is 3. The van der Waals surface area contributed by atoms with Crippen LogP contribution in [-0.2, 0) is 30.7 Å². The Morgan fingerprint density at radius 2 is 1.63 bits per heavy atom. The standard InChI is InChI=1S/C21H18F3N3O2.C7H6N2.C7H16.C4H10.C2H4O/c1-13-5-7-16(8-6-13)29-12-15-4-2-3-14-10-27(11-17(14)15)18-9-25-26-20(28)19(18)21(22,23)24;1-6-2-3-7(4-8)5-9-6;1-4-5-6-7(2)3;1-3-4-2;1-2-3/h2-9H,10-12H2,1H3,(H,26,28);2-3,5H,1H3;7H,4-6H2,1-3H3;3-4H2,1-2H3;2H,1H3. The lowest BCUT2D eigenvalue weighted by molar-refractivity contribution is -0.138. The Kier molecular flexibility index (Phi) is 21.0. The largest absolute Gasteiger partial charge is 0.489 e. The molecule has 8 nitrogen and oxygen atoms in total. The highest BCUT2D eigenvalue weighted by Gasteiger charge is 2.39. The molecular formula is C41H54F3N5O3. The lowest BCUT2D eigenvalue weighted by Crippen LogP contribution is -2.28. The number of alkyl halides is 3. The summed E-state index contributed by atoms with van der Waals surface area (Å²) in [6.45, 7) is 17.3. The summed E-state index contributed by atoms with van der Waals surface area (Å²) in [4.78, 5) is 26.0. The Morgan fingerprint density at radius 1 is 0.981 bits per heavy atom. The molecule has 1 aliphatic rings. The van der Waals surface area contributed by atoms with Crippen LogP contribution in [0.15, 0.2) is 71.8 Å². The van der Waals surface area contributed by atoms with Gasteiger partial charge in [0.25, 0.3) is 5.56 Å². The molecule has 2 aromatic heterocycles. The molecule has 0 spiro atoms. The van der Waals surface area contributed by atoms with Crippen LogP contribution in [0.4, 0.5) is 18.9 Å². The van der Waals surface area contributed by atoms with Gasteiger partial charge in [0.2, 0.25) is 0 Å². The quantitative estimate of drug-likeness (QED) is 0.180. The molecule has 3 heterocycles. The van der Waals surface area contributed by atoms with Gasteiger partial charge in [-0.25, -0.2) is 5.10 Å². The first-order chi connectivity index (χ1) is 24.7. The normalized spacial score (nSPS) is 11.2. The topological polar surface area (TPSA) is 112 Å². The highest BCUT2D eigenvalue weighted by Crippen LogP contribution is 2.37. The molecule has 1 aliphatic heterocycles. The number of hydrogen-bond donors (Lipinski definition) is 1. The van der Waals surface area contributed by atoms with E-state index in [1.807, 2.05) is 73.5 Å². The van der Waals surface area contributed by atoms with Crippen LogP contribution in [0, 0.1) is 31.1 Å². The van der Waals surface area contributed by atoms with Crippen molar-refractivity contribution in [3.63, 3.8) is 0 Å². The lowest BCUT2D eigenvalue weighted by Gasteiger charge is -2.21. The van der Waals surface area contributed by atoms with Crippen LogP contribution in [0.25, 0.3) is 0 Å². The predicted octanol–water partition coefficient (Wildman–Crippen LogP) is 10.3. The van der Waals surface area contributed by atoms with Crippen LogP contribution in [-0.4, -0.2) is 21.5 Å². The maximum Gasteiger partial charge on any atom is 0.423 e. The second-order valence-corrected chi connectivity index (χ2v) is 12.5. The van der Waals surface area contributed by atoms with Gasteiger partial charge >= 0.3 is 6.18 Å². The summed E-state index contributed by atoms with van der Waals surface area (Å²) < 4.78 is 46.1. The molecule has 0 bridgehead atoms. The molecule has 0 unspecified atom stereocenters. The summed E-state index contributed by atoms with van der Waals surface area (Å²) in [6, 6.07) is 18.8. The third kappa shape index (κ3) is 16.4. The predicted molar refractivity (Wildman–Crippen MR) is 202 cm³/mol. The van der Waals surface area contributed by atoms with Gasteiger partial charge in [0.1, 0.15) is 30.3 Å². The molecule has 0 saturated carbocycles. The zero-order valence-corrected chi connectivity index (χ0v) is 31.8. The molecule has 11 heteroatoms. The number of hydrogen-bond acceptors (Lipinski definition) is 7. The first-order valence-corrected chi connectivity index (χ1v) is 17.7. The van der Waals surface area contributed by atoms with E-state index in [0.29, 0.717) is 12.2 Å². The fourth-order valence-corrected chi connectivity index (χ4v) is 4.64. The van der Waals surface area contributed by atoms with Crippen molar-refractivity contribution < 1.29 is 22.7 Å². The van der Waals surface area contributed by atoms with Crippen molar-refractivity contribution in [3.05, 3.63) is 116 Å². The number of carbonyl (C=O) groups is 1. The van der Waals surface area contributed by atoms with Crippen molar-refractivity contribution in [1.29, 1.82) is 5.26 Å². The minimum Gasteiger partial charge on any atom is -0.489 e. The summed E-state index contributed by atoms with van der Waals surface area (Å²) in [5.41, 5.74) is 2.71. The average molecular weight is 722 g/mol. The highest BCUT2D eigenvalue weighted by atomic mass is 19.4. The number of nitrogens with one attached hydrogen (secondary N) is 1. The van der Waals surface area contributed by atoms with E-state index in [2.05, 4.69) is 44.7 Å². The zero-order chi connectivity index (χ0) is 39.1. The Morgan fingerprint density at radius 3 is 2.13 bits per heavy atom. The van der Waals surface area contributed by atoms with Gasteiger partial charge in [-0.15, -0.1) is 0 Å². The number of fused-ring (bicyclic) bond motifs is 1. The van der Waals surface area contributed by atoms with E-state index in [9.17, 15) is 18.0 Å². The summed E-state index contributed by atoms with van der Waals surface area (Å²) in [5.74, 6) is 1.63. The number of halogens is 3. The van der Waals surface area contributed by atoms with E-state index in [-0.39, 0.29) is 18.8 Å². The minimum atomic E-state index is -4.77. The third-order valence-electron chi connectivity index (χ3n) is 7.63. The Bertz CT molecular complexity index is 1700. The van der Waals surface area contributed by atoms with Crippen LogP contribution in [0.2, 0.25) is 0 Å². The number of nitriles is 1. The van der Waals surface area contributed by atoms with E-state index in [1.54, 1.807) is 12.3 Å².